The topological polar surface area (TPSA) is 51.4 Å². The average molecular weight is 343 g/mol. The zero-order chi connectivity index (χ0) is 17.7. The maximum Gasteiger partial charge on any atom is 0.206 e. The van der Waals surface area contributed by atoms with E-state index in [-0.39, 0.29) is 0 Å². The third kappa shape index (κ3) is 2.30. The van der Waals surface area contributed by atoms with E-state index in [1.165, 1.54) is 12.0 Å². The van der Waals surface area contributed by atoms with E-state index in [2.05, 4.69) is 32.5 Å². The Morgan fingerprint density at radius 1 is 1.19 bits per heavy atom. The standard InChI is InChI=1S/C21H21N5/c1-23-17-8-6-15(7-9-17)11-26-19-5-3-2-4-18(19)24-20(26)25-12-16-10-21(16,13-22)14-25/h2-9,16H,10-14,22H2/t16-,21-/m1/s1. The lowest BCUT2D eigenvalue weighted by Crippen LogP contribution is -2.30. The number of rotatable bonds is 4. The van der Waals surface area contributed by atoms with Crippen molar-refractivity contribution in [1.29, 1.82) is 0 Å². The molecule has 26 heavy (non-hydrogen) atoms. The molecule has 0 amide bonds. The Balaban J connectivity index is 1.54. The summed E-state index contributed by atoms with van der Waals surface area (Å²) < 4.78 is 2.30. The van der Waals surface area contributed by atoms with Crippen LogP contribution in [-0.2, 0) is 6.54 Å². The predicted molar refractivity (Wildman–Crippen MR) is 103 cm³/mol. The van der Waals surface area contributed by atoms with Gasteiger partial charge in [-0.1, -0.05) is 36.4 Å². The zero-order valence-corrected chi connectivity index (χ0v) is 14.6. The summed E-state index contributed by atoms with van der Waals surface area (Å²) in [6.07, 6.45) is 1.26. The van der Waals surface area contributed by atoms with Crippen LogP contribution in [0.3, 0.4) is 0 Å². The van der Waals surface area contributed by atoms with Gasteiger partial charge in [-0.25, -0.2) is 9.83 Å². The van der Waals surface area contributed by atoms with Crippen molar-refractivity contribution in [3.05, 3.63) is 65.5 Å². The van der Waals surface area contributed by atoms with Gasteiger partial charge in [0.2, 0.25) is 5.95 Å². The fourth-order valence-corrected chi connectivity index (χ4v) is 4.38. The minimum absolute atomic E-state index is 0.320. The first-order valence-electron chi connectivity index (χ1n) is 9.09. The Bertz CT molecular complexity index is 1010. The first kappa shape index (κ1) is 15.4. The van der Waals surface area contributed by atoms with Gasteiger partial charge < -0.3 is 15.2 Å². The molecule has 2 N–H and O–H groups in total. The van der Waals surface area contributed by atoms with Crippen molar-refractivity contribution in [2.24, 2.45) is 17.1 Å². The first-order chi connectivity index (χ1) is 12.7. The van der Waals surface area contributed by atoms with E-state index < -0.39 is 0 Å². The lowest BCUT2D eigenvalue weighted by atomic mass is 10.1. The molecule has 2 aromatic carbocycles. The summed E-state index contributed by atoms with van der Waals surface area (Å²) in [7, 11) is 0. The molecule has 2 atom stereocenters. The summed E-state index contributed by atoms with van der Waals surface area (Å²) in [4.78, 5) is 10.8. The van der Waals surface area contributed by atoms with Crippen LogP contribution in [0.1, 0.15) is 12.0 Å². The number of fused-ring (bicyclic) bond motifs is 2. The van der Waals surface area contributed by atoms with Gasteiger partial charge in [0.25, 0.3) is 0 Å². The minimum Gasteiger partial charge on any atom is -0.341 e. The molecule has 0 spiro atoms. The Morgan fingerprint density at radius 2 is 2.00 bits per heavy atom. The fraction of sp³-hybridized carbons (Fsp3) is 0.333. The first-order valence-corrected chi connectivity index (χ1v) is 9.09. The van der Waals surface area contributed by atoms with E-state index >= 15 is 0 Å². The van der Waals surface area contributed by atoms with Crippen LogP contribution < -0.4 is 10.6 Å². The van der Waals surface area contributed by atoms with Crippen LogP contribution in [0.15, 0.2) is 48.5 Å². The van der Waals surface area contributed by atoms with Crippen LogP contribution in [0.4, 0.5) is 11.6 Å². The smallest absolute Gasteiger partial charge is 0.206 e. The van der Waals surface area contributed by atoms with Gasteiger partial charge in [0.1, 0.15) is 0 Å². The third-order valence-corrected chi connectivity index (χ3v) is 6.04. The van der Waals surface area contributed by atoms with Crippen molar-refractivity contribution in [3.63, 3.8) is 0 Å². The van der Waals surface area contributed by atoms with Gasteiger partial charge in [-0.05, 0) is 36.6 Å². The molecule has 0 radical (unpaired) electrons. The molecule has 1 saturated carbocycles. The van der Waals surface area contributed by atoms with Gasteiger partial charge in [-0.2, -0.15) is 0 Å². The highest BCUT2D eigenvalue weighted by Crippen LogP contribution is 2.57. The molecular weight excluding hydrogens is 322 g/mol. The SMILES string of the molecule is [C-]#[N+]c1ccc(Cn2c(N3C[C@H]4C[C@@]4(CN)C3)nc3ccccc32)cc1. The van der Waals surface area contributed by atoms with E-state index in [9.17, 15) is 0 Å². The Kier molecular flexibility index (Phi) is 3.31. The van der Waals surface area contributed by atoms with E-state index in [1.54, 1.807) is 0 Å². The Hall–Kier alpha value is -2.84. The van der Waals surface area contributed by atoms with Crippen molar-refractivity contribution in [2.75, 3.05) is 24.5 Å². The lowest BCUT2D eigenvalue weighted by Gasteiger charge is -2.23. The summed E-state index contributed by atoms with van der Waals surface area (Å²) in [5.74, 6) is 1.76. The normalized spacial score (nSPS) is 23.8. The van der Waals surface area contributed by atoms with Crippen molar-refractivity contribution >= 4 is 22.7 Å². The molecular formula is C21H21N5. The monoisotopic (exact) mass is 343 g/mol. The molecule has 5 rings (SSSR count). The zero-order valence-electron chi connectivity index (χ0n) is 14.6. The molecule has 2 heterocycles. The highest BCUT2D eigenvalue weighted by atomic mass is 15.3. The van der Waals surface area contributed by atoms with Gasteiger partial charge >= 0.3 is 0 Å². The summed E-state index contributed by atoms with van der Waals surface area (Å²) >= 11 is 0. The molecule has 1 aliphatic heterocycles. The summed E-state index contributed by atoms with van der Waals surface area (Å²) in [5, 5.41) is 0. The number of imidazole rings is 1. The fourth-order valence-electron chi connectivity index (χ4n) is 4.38. The van der Waals surface area contributed by atoms with E-state index in [0.717, 1.165) is 49.1 Å². The second kappa shape index (κ2) is 5.58. The molecule has 5 nitrogen and oxygen atoms in total. The molecule has 5 heteroatoms. The number of hydrogen-bond donors (Lipinski definition) is 1. The number of benzene rings is 2. The van der Waals surface area contributed by atoms with E-state index in [1.807, 2.05) is 30.3 Å². The number of nitrogens with two attached hydrogens (primary N) is 1. The highest BCUT2D eigenvalue weighted by Gasteiger charge is 2.59. The van der Waals surface area contributed by atoms with Gasteiger partial charge in [0.15, 0.2) is 5.69 Å². The number of para-hydroxylation sites is 2. The quantitative estimate of drug-likeness (QED) is 0.739. The van der Waals surface area contributed by atoms with Crippen LogP contribution in [0.2, 0.25) is 0 Å². The molecule has 2 fully saturated rings. The number of nitrogens with zero attached hydrogens (tertiary/aromatic N) is 4. The summed E-state index contributed by atoms with van der Waals surface area (Å²) in [6, 6.07) is 16.2. The summed E-state index contributed by atoms with van der Waals surface area (Å²) in [6.45, 7) is 10.7. The molecule has 0 unspecified atom stereocenters. The second-order valence-electron chi connectivity index (χ2n) is 7.61. The van der Waals surface area contributed by atoms with E-state index in [4.69, 9.17) is 17.3 Å². The Labute approximate surface area is 152 Å². The highest BCUT2D eigenvalue weighted by molar-refractivity contribution is 5.79. The van der Waals surface area contributed by atoms with Crippen molar-refractivity contribution < 1.29 is 0 Å². The predicted octanol–water partition coefficient (Wildman–Crippen LogP) is 3.42. The van der Waals surface area contributed by atoms with Gasteiger partial charge in [-0.15, -0.1) is 0 Å². The number of anilines is 1. The third-order valence-electron chi connectivity index (χ3n) is 6.04. The second-order valence-corrected chi connectivity index (χ2v) is 7.61. The molecule has 1 aliphatic carbocycles. The van der Waals surface area contributed by atoms with Crippen molar-refractivity contribution in [1.82, 2.24) is 9.55 Å². The number of piperidine rings is 1. The molecule has 1 aromatic heterocycles. The molecule has 0 bridgehead atoms. The van der Waals surface area contributed by atoms with Gasteiger partial charge in [0.05, 0.1) is 24.2 Å². The van der Waals surface area contributed by atoms with E-state index in [0.29, 0.717) is 11.1 Å². The van der Waals surface area contributed by atoms with Crippen LogP contribution in [0, 0.1) is 17.9 Å². The maximum absolute atomic E-state index is 7.12. The van der Waals surface area contributed by atoms with Crippen LogP contribution >= 0.6 is 0 Å². The minimum atomic E-state index is 0.320. The average Bonchev–Trinajstić information content (AvgIpc) is 3.07. The van der Waals surface area contributed by atoms with Gasteiger partial charge in [-0.3, -0.25) is 0 Å². The van der Waals surface area contributed by atoms with Crippen LogP contribution in [0.25, 0.3) is 15.9 Å². The van der Waals surface area contributed by atoms with Gasteiger partial charge in [0, 0.05) is 18.5 Å². The maximum atomic E-state index is 7.12. The molecule has 3 aromatic rings. The number of aromatic nitrogens is 2. The lowest BCUT2D eigenvalue weighted by molar-refractivity contribution is 0.540. The number of hydrogen-bond acceptors (Lipinski definition) is 3. The van der Waals surface area contributed by atoms with Crippen LogP contribution in [0.5, 0.6) is 0 Å². The summed E-state index contributed by atoms with van der Waals surface area (Å²) in [5.41, 5.74) is 10.4. The molecule has 130 valence electrons. The Morgan fingerprint density at radius 3 is 2.73 bits per heavy atom. The molecule has 1 saturated heterocycles. The molecule has 2 aliphatic rings. The van der Waals surface area contributed by atoms with Crippen molar-refractivity contribution in [2.45, 2.75) is 13.0 Å². The van der Waals surface area contributed by atoms with Crippen LogP contribution in [-0.4, -0.2) is 29.2 Å². The van der Waals surface area contributed by atoms with Crippen molar-refractivity contribution in [3.8, 4) is 0 Å². The largest absolute Gasteiger partial charge is 0.341 e.